The minimum absolute atomic E-state index is 0.205. The number of hydrogen-bond acceptors (Lipinski definition) is 4. The predicted molar refractivity (Wildman–Crippen MR) is 91.3 cm³/mol. The number of nitrogens with zero attached hydrogens (tertiary/aromatic N) is 1. The van der Waals surface area contributed by atoms with Gasteiger partial charge in [-0.2, -0.15) is 0 Å². The Hall–Kier alpha value is -2.60. The summed E-state index contributed by atoms with van der Waals surface area (Å²) in [5.74, 6) is -1.34. The maximum atomic E-state index is 13.5. The summed E-state index contributed by atoms with van der Waals surface area (Å²) in [5.41, 5.74) is -0.205. The number of ether oxygens (including phenoxy) is 2. The van der Waals surface area contributed by atoms with Crippen molar-refractivity contribution >= 4 is 23.5 Å². The third kappa shape index (κ3) is 5.76. The lowest BCUT2D eigenvalue weighted by Crippen LogP contribution is -2.34. The van der Waals surface area contributed by atoms with Crippen LogP contribution in [0.2, 0.25) is 5.02 Å². The quantitative estimate of drug-likeness (QED) is 0.707. The fourth-order valence-electron chi connectivity index (χ4n) is 1.90. The maximum absolute atomic E-state index is 13.5. The first-order valence-electron chi connectivity index (χ1n) is 7.51. The van der Waals surface area contributed by atoms with E-state index in [1.807, 2.05) is 0 Å². The molecule has 2 aromatic carbocycles. The van der Waals surface area contributed by atoms with Gasteiger partial charge in [-0.15, -0.1) is 0 Å². The van der Waals surface area contributed by atoms with Gasteiger partial charge in [-0.05, 0) is 36.4 Å². The third-order valence-corrected chi connectivity index (χ3v) is 3.61. The first-order chi connectivity index (χ1) is 12.0. The fraction of sp³-hybridized carbons (Fsp3) is 0.222. The van der Waals surface area contributed by atoms with Crippen LogP contribution in [0.3, 0.4) is 0 Å². The van der Waals surface area contributed by atoms with Crippen molar-refractivity contribution in [1.29, 1.82) is 0 Å². The summed E-state index contributed by atoms with van der Waals surface area (Å²) in [6, 6.07) is 12.3. The van der Waals surface area contributed by atoms with E-state index in [9.17, 15) is 14.0 Å². The molecule has 0 saturated carbocycles. The largest absolute Gasteiger partial charge is 0.492 e. The molecule has 0 radical (unpaired) electrons. The number of carbonyl (C=O) groups excluding carboxylic acids is 2. The van der Waals surface area contributed by atoms with E-state index in [1.165, 1.54) is 23.1 Å². The number of rotatable bonds is 7. The summed E-state index contributed by atoms with van der Waals surface area (Å²) in [7, 11) is 1.56. The van der Waals surface area contributed by atoms with E-state index in [0.717, 1.165) is 6.07 Å². The molecule has 0 unspecified atom stereocenters. The van der Waals surface area contributed by atoms with Crippen LogP contribution in [0.5, 0.6) is 5.75 Å². The van der Waals surface area contributed by atoms with Crippen LogP contribution >= 0.6 is 11.6 Å². The number of halogens is 2. The standard InChI is InChI=1S/C18H17ClFNO4/c1-21(10-11-24-14-8-6-13(19)7-9-14)17(22)12-25-18(23)15-4-2-3-5-16(15)20/h2-9H,10-12H2,1H3. The number of likely N-dealkylation sites (N-methyl/N-ethyl adjacent to an activating group) is 1. The molecule has 0 bridgehead atoms. The minimum atomic E-state index is -0.878. The monoisotopic (exact) mass is 365 g/mol. The summed E-state index contributed by atoms with van der Waals surface area (Å²) in [6.45, 7) is 0.106. The highest BCUT2D eigenvalue weighted by Crippen LogP contribution is 2.15. The highest BCUT2D eigenvalue weighted by Gasteiger charge is 2.16. The zero-order valence-electron chi connectivity index (χ0n) is 13.6. The van der Waals surface area contributed by atoms with Crippen LogP contribution in [0.1, 0.15) is 10.4 Å². The lowest BCUT2D eigenvalue weighted by atomic mass is 10.2. The van der Waals surface area contributed by atoms with Gasteiger partial charge >= 0.3 is 5.97 Å². The van der Waals surface area contributed by atoms with Crippen LogP contribution < -0.4 is 4.74 Å². The molecule has 0 aliphatic carbocycles. The molecular weight excluding hydrogens is 349 g/mol. The summed E-state index contributed by atoms with van der Waals surface area (Å²) in [5, 5.41) is 0.608. The molecule has 0 N–H and O–H groups in total. The first-order valence-corrected chi connectivity index (χ1v) is 7.89. The SMILES string of the molecule is CN(CCOc1ccc(Cl)cc1)C(=O)COC(=O)c1ccccc1F. The van der Waals surface area contributed by atoms with E-state index >= 15 is 0 Å². The van der Waals surface area contributed by atoms with Crippen molar-refractivity contribution in [1.82, 2.24) is 4.90 Å². The average Bonchev–Trinajstić information content (AvgIpc) is 2.61. The summed E-state index contributed by atoms with van der Waals surface area (Å²) in [4.78, 5) is 25.0. The lowest BCUT2D eigenvalue weighted by molar-refractivity contribution is -0.133. The van der Waals surface area contributed by atoms with Gasteiger partial charge in [-0.1, -0.05) is 23.7 Å². The van der Waals surface area contributed by atoms with E-state index in [0.29, 0.717) is 17.3 Å². The Kier molecular flexibility index (Phi) is 6.77. The molecule has 25 heavy (non-hydrogen) atoms. The fourth-order valence-corrected chi connectivity index (χ4v) is 2.02. The zero-order valence-corrected chi connectivity index (χ0v) is 14.3. The Labute approximate surface area is 149 Å². The van der Waals surface area contributed by atoms with Gasteiger partial charge in [0.2, 0.25) is 0 Å². The Balaban J connectivity index is 1.73. The van der Waals surface area contributed by atoms with Gasteiger partial charge in [-0.3, -0.25) is 4.79 Å². The molecule has 0 aromatic heterocycles. The number of hydrogen-bond donors (Lipinski definition) is 0. The van der Waals surface area contributed by atoms with Crippen molar-refractivity contribution in [3.05, 3.63) is 64.9 Å². The van der Waals surface area contributed by atoms with Crippen LogP contribution in [-0.4, -0.2) is 43.6 Å². The van der Waals surface area contributed by atoms with Crippen molar-refractivity contribution in [3.63, 3.8) is 0 Å². The van der Waals surface area contributed by atoms with Crippen LogP contribution in [0.4, 0.5) is 4.39 Å². The maximum Gasteiger partial charge on any atom is 0.341 e. The van der Waals surface area contributed by atoms with Crippen LogP contribution in [0.15, 0.2) is 48.5 Å². The van der Waals surface area contributed by atoms with E-state index in [-0.39, 0.29) is 12.2 Å². The van der Waals surface area contributed by atoms with E-state index in [4.69, 9.17) is 21.1 Å². The van der Waals surface area contributed by atoms with Crippen molar-refractivity contribution < 1.29 is 23.5 Å². The van der Waals surface area contributed by atoms with Crippen LogP contribution in [0.25, 0.3) is 0 Å². The molecule has 0 aliphatic heterocycles. The molecule has 0 aliphatic rings. The Bertz CT molecular complexity index is 736. The average molecular weight is 366 g/mol. The second-order valence-corrected chi connectivity index (χ2v) is 5.61. The van der Waals surface area contributed by atoms with Gasteiger partial charge in [0, 0.05) is 12.1 Å². The van der Waals surface area contributed by atoms with Crippen LogP contribution in [0, 0.1) is 5.82 Å². The van der Waals surface area contributed by atoms with Crippen molar-refractivity contribution in [2.45, 2.75) is 0 Å². The summed E-state index contributed by atoms with van der Waals surface area (Å²) in [6.07, 6.45) is 0. The molecule has 2 rings (SSSR count). The van der Waals surface area contributed by atoms with E-state index in [2.05, 4.69) is 0 Å². The minimum Gasteiger partial charge on any atom is -0.492 e. The molecular formula is C18H17ClFNO4. The Morgan fingerprint density at radius 1 is 1.12 bits per heavy atom. The number of amides is 1. The Morgan fingerprint density at radius 3 is 2.48 bits per heavy atom. The van der Waals surface area contributed by atoms with Gasteiger partial charge in [0.25, 0.3) is 5.91 Å². The molecule has 1 amide bonds. The zero-order chi connectivity index (χ0) is 18.2. The van der Waals surface area contributed by atoms with Gasteiger partial charge < -0.3 is 14.4 Å². The third-order valence-electron chi connectivity index (χ3n) is 3.36. The molecule has 0 saturated heterocycles. The summed E-state index contributed by atoms with van der Waals surface area (Å²) < 4.78 is 23.8. The van der Waals surface area contributed by atoms with Crippen molar-refractivity contribution in [3.8, 4) is 5.75 Å². The predicted octanol–water partition coefficient (Wildman–Crippen LogP) is 3.17. The smallest absolute Gasteiger partial charge is 0.341 e. The number of carbonyl (C=O) groups is 2. The molecule has 5 nitrogen and oxygen atoms in total. The normalized spacial score (nSPS) is 10.2. The van der Waals surface area contributed by atoms with Gasteiger partial charge in [0.05, 0.1) is 12.1 Å². The Morgan fingerprint density at radius 2 is 1.80 bits per heavy atom. The first kappa shape index (κ1) is 18.7. The molecule has 0 spiro atoms. The molecule has 7 heteroatoms. The summed E-state index contributed by atoms with van der Waals surface area (Å²) >= 11 is 5.78. The van der Waals surface area contributed by atoms with E-state index < -0.39 is 24.3 Å². The molecule has 0 atom stereocenters. The second-order valence-electron chi connectivity index (χ2n) is 5.17. The van der Waals surface area contributed by atoms with Gasteiger partial charge in [0.15, 0.2) is 6.61 Å². The van der Waals surface area contributed by atoms with Crippen molar-refractivity contribution in [2.24, 2.45) is 0 Å². The molecule has 132 valence electrons. The molecule has 2 aromatic rings. The number of esters is 1. The number of benzene rings is 2. The van der Waals surface area contributed by atoms with Crippen molar-refractivity contribution in [2.75, 3.05) is 26.8 Å². The highest BCUT2D eigenvalue weighted by molar-refractivity contribution is 6.30. The van der Waals surface area contributed by atoms with Crippen LogP contribution in [-0.2, 0) is 9.53 Å². The van der Waals surface area contributed by atoms with Gasteiger partial charge in [0.1, 0.15) is 18.2 Å². The highest BCUT2D eigenvalue weighted by atomic mass is 35.5. The molecule has 0 heterocycles. The lowest BCUT2D eigenvalue weighted by Gasteiger charge is -2.17. The molecule has 0 fully saturated rings. The topological polar surface area (TPSA) is 55.8 Å². The van der Waals surface area contributed by atoms with E-state index in [1.54, 1.807) is 31.3 Å². The van der Waals surface area contributed by atoms with Gasteiger partial charge in [-0.25, -0.2) is 9.18 Å². The second kappa shape index (κ2) is 9.03.